The highest BCUT2D eigenvalue weighted by Gasteiger charge is 2.38. The maximum absolute atomic E-state index is 11.3. The molecule has 1 aromatic carbocycles. The maximum atomic E-state index is 11.3. The molecular weight excluding hydrogens is 256 g/mol. The van der Waals surface area contributed by atoms with Gasteiger partial charge in [0.2, 0.25) is 0 Å². The Balaban J connectivity index is 3.22. The van der Waals surface area contributed by atoms with Crippen LogP contribution in [0.3, 0.4) is 0 Å². The van der Waals surface area contributed by atoms with Crippen LogP contribution in [0.25, 0.3) is 0 Å². The number of carboxylic acids is 1. The summed E-state index contributed by atoms with van der Waals surface area (Å²) < 4.78 is 0.961. The number of halogens is 1. The highest BCUT2D eigenvalue weighted by atomic mass is 79.9. The molecule has 0 bridgehead atoms. The molecule has 0 aliphatic heterocycles. The van der Waals surface area contributed by atoms with Gasteiger partial charge in [-0.05, 0) is 30.5 Å². The number of carbonyl (C=O) groups is 1. The van der Waals surface area contributed by atoms with Crippen molar-refractivity contribution in [1.82, 2.24) is 0 Å². The van der Waals surface area contributed by atoms with Crippen LogP contribution in [-0.2, 0) is 10.2 Å². The summed E-state index contributed by atoms with van der Waals surface area (Å²) in [4.78, 5) is 11.3. The van der Waals surface area contributed by atoms with Crippen molar-refractivity contribution in [3.8, 4) is 0 Å². The SMILES string of the molecule is CC(C)[C@](C)(C(=O)O)c1ccc(Br)cc1. The lowest BCUT2D eigenvalue weighted by molar-refractivity contribution is -0.145. The highest BCUT2D eigenvalue weighted by Crippen LogP contribution is 2.32. The molecule has 1 atom stereocenters. The van der Waals surface area contributed by atoms with Crippen molar-refractivity contribution in [2.24, 2.45) is 5.92 Å². The van der Waals surface area contributed by atoms with Crippen LogP contribution in [0.5, 0.6) is 0 Å². The van der Waals surface area contributed by atoms with Gasteiger partial charge in [-0.1, -0.05) is 41.9 Å². The van der Waals surface area contributed by atoms with Gasteiger partial charge >= 0.3 is 5.97 Å². The predicted molar refractivity (Wildman–Crippen MR) is 64.0 cm³/mol. The van der Waals surface area contributed by atoms with Crippen molar-refractivity contribution in [2.75, 3.05) is 0 Å². The van der Waals surface area contributed by atoms with E-state index in [1.165, 1.54) is 0 Å². The van der Waals surface area contributed by atoms with Gasteiger partial charge in [-0.3, -0.25) is 4.79 Å². The Morgan fingerprint density at radius 1 is 1.33 bits per heavy atom. The van der Waals surface area contributed by atoms with Gasteiger partial charge in [-0.2, -0.15) is 0 Å². The summed E-state index contributed by atoms with van der Waals surface area (Å²) in [5.74, 6) is -0.726. The first kappa shape index (κ1) is 12.2. The summed E-state index contributed by atoms with van der Waals surface area (Å²) in [6.07, 6.45) is 0. The third kappa shape index (κ3) is 2.23. The quantitative estimate of drug-likeness (QED) is 0.914. The van der Waals surface area contributed by atoms with Gasteiger partial charge in [0.1, 0.15) is 0 Å². The Morgan fingerprint density at radius 2 is 1.80 bits per heavy atom. The fraction of sp³-hybridized carbons (Fsp3) is 0.417. The number of carboxylic acid groups (broad SMARTS) is 1. The zero-order chi connectivity index (χ0) is 11.6. The third-order valence-corrected chi connectivity index (χ3v) is 3.57. The molecule has 15 heavy (non-hydrogen) atoms. The van der Waals surface area contributed by atoms with Gasteiger partial charge in [0.05, 0.1) is 5.41 Å². The molecule has 1 rings (SSSR count). The van der Waals surface area contributed by atoms with Crippen LogP contribution in [0.4, 0.5) is 0 Å². The molecule has 1 N–H and O–H groups in total. The second-order valence-corrected chi connectivity index (χ2v) is 5.08. The second kappa shape index (κ2) is 4.35. The van der Waals surface area contributed by atoms with Crippen LogP contribution in [0.2, 0.25) is 0 Å². The minimum atomic E-state index is -0.819. The zero-order valence-corrected chi connectivity index (χ0v) is 10.7. The van der Waals surface area contributed by atoms with Gasteiger partial charge in [-0.25, -0.2) is 0 Å². The molecular formula is C12H15BrO2. The fourth-order valence-electron chi connectivity index (χ4n) is 1.50. The standard InChI is InChI=1S/C12H15BrO2/c1-8(2)12(3,11(14)15)9-4-6-10(13)7-5-9/h4-8H,1-3H3,(H,14,15)/t12-/m0/s1. The van der Waals surface area contributed by atoms with Crippen LogP contribution < -0.4 is 0 Å². The molecule has 0 aliphatic rings. The van der Waals surface area contributed by atoms with Crippen molar-refractivity contribution in [3.05, 3.63) is 34.3 Å². The molecule has 0 radical (unpaired) electrons. The molecule has 0 fully saturated rings. The first-order valence-corrected chi connectivity index (χ1v) is 5.67. The predicted octanol–water partition coefficient (Wildman–Crippen LogP) is 3.45. The van der Waals surface area contributed by atoms with E-state index in [9.17, 15) is 9.90 Å². The molecule has 0 heterocycles. The summed E-state index contributed by atoms with van der Waals surface area (Å²) in [5, 5.41) is 9.31. The summed E-state index contributed by atoms with van der Waals surface area (Å²) in [7, 11) is 0. The van der Waals surface area contributed by atoms with Gasteiger partial charge < -0.3 is 5.11 Å². The number of hydrogen-bond donors (Lipinski definition) is 1. The van der Waals surface area contributed by atoms with Gasteiger partial charge in [-0.15, -0.1) is 0 Å². The number of rotatable bonds is 3. The van der Waals surface area contributed by atoms with E-state index >= 15 is 0 Å². The molecule has 0 amide bonds. The number of hydrogen-bond acceptors (Lipinski definition) is 1. The minimum absolute atomic E-state index is 0.0520. The summed E-state index contributed by atoms with van der Waals surface area (Å²) in [5.41, 5.74) is 0.0222. The van der Waals surface area contributed by atoms with E-state index in [0.29, 0.717) is 0 Å². The average Bonchev–Trinajstić information content (AvgIpc) is 2.17. The first-order chi connectivity index (χ1) is 6.89. The molecule has 0 unspecified atom stereocenters. The highest BCUT2D eigenvalue weighted by molar-refractivity contribution is 9.10. The lowest BCUT2D eigenvalue weighted by atomic mass is 9.73. The smallest absolute Gasteiger partial charge is 0.314 e. The normalized spacial score (nSPS) is 15.0. The van der Waals surface area contributed by atoms with Crippen molar-refractivity contribution >= 4 is 21.9 Å². The van der Waals surface area contributed by atoms with E-state index in [0.717, 1.165) is 10.0 Å². The van der Waals surface area contributed by atoms with Crippen LogP contribution in [0.15, 0.2) is 28.7 Å². The number of aliphatic carboxylic acids is 1. The molecule has 0 aliphatic carbocycles. The van der Waals surface area contributed by atoms with E-state index in [4.69, 9.17) is 0 Å². The van der Waals surface area contributed by atoms with E-state index in [-0.39, 0.29) is 5.92 Å². The van der Waals surface area contributed by atoms with E-state index in [1.807, 2.05) is 38.1 Å². The fourth-order valence-corrected chi connectivity index (χ4v) is 1.76. The first-order valence-electron chi connectivity index (χ1n) is 4.88. The molecule has 2 nitrogen and oxygen atoms in total. The summed E-state index contributed by atoms with van der Waals surface area (Å²) in [6, 6.07) is 7.47. The Labute approximate surface area is 98.4 Å². The topological polar surface area (TPSA) is 37.3 Å². The van der Waals surface area contributed by atoms with Crippen LogP contribution in [0.1, 0.15) is 26.3 Å². The van der Waals surface area contributed by atoms with E-state index in [1.54, 1.807) is 6.92 Å². The monoisotopic (exact) mass is 270 g/mol. The Bertz CT molecular complexity index is 356. The maximum Gasteiger partial charge on any atom is 0.314 e. The lowest BCUT2D eigenvalue weighted by Crippen LogP contribution is -2.37. The summed E-state index contributed by atoms with van der Waals surface area (Å²) >= 11 is 3.34. The van der Waals surface area contributed by atoms with Crippen LogP contribution in [-0.4, -0.2) is 11.1 Å². The average molecular weight is 271 g/mol. The van der Waals surface area contributed by atoms with Crippen molar-refractivity contribution < 1.29 is 9.90 Å². The minimum Gasteiger partial charge on any atom is -0.481 e. The Hall–Kier alpha value is -0.830. The van der Waals surface area contributed by atoms with Crippen molar-refractivity contribution in [3.63, 3.8) is 0 Å². The van der Waals surface area contributed by atoms with E-state index < -0.39 is 11.4 Å². The summed E-state index contributed by atoms with van der Waals surface area (Å²) in [6.45, 7) is 5.62. The Kier molecular flexibility index (Phi) is 3.55. The van der Waals surface area contributed by atoms with Gasteiger partial charge in [0.15, 0.2) is 0 Å². The van der Waals surface area contributed by atoms with Crippen molar-refractivity contribution in [1.29, 1.82) is 0 Å². The van der Waals surface area contributed by atoms with Gasteiger partial charge in [0.25, 0.3) is 0 Å². The molecule has 1 aromatic rings. The van der Waals surface area contributed by atoms with Crippen LogP contribution in [0, 0.1) is 5.92 Å². The zero-order valence-electron chi connectivity index (χ0n) is 9.12. The molecule has 0 saturated carbocycles. The molecule has 82 valence electrons. The third-order valence-electron chi connectivity index (χ3n) is 3.04. The van der Waals surface area contributed by atoms with E-state index in [2.05, 4.69) is 15.9 Å². The molecule has 3 heteroatoms. The lowest BCUT2D eigenvalue weighted by Gasteiger charge is -2.29. The molecule has 0 spiro atoms. The molecule has 0 saturated heterocycles. The second-order valence-electron chi connectivity index (χ2n) is 4.17. The Morgan fingerprint density at radius 3 is 2.13 bits per heavy atom. The van der Waals surface area contributed by atoms with Crippen molar-refractivity contribution in [2.45, 2.75) is 26.2 Å². The number of benzene rings is 1. The van der Waals surface area contributed by atoms with Crippen LogP contribution >= 0.6 is 15.9 Å². The largest absolute Gasteiger partial charge is 0.481 e. The van der Waals surface area contributed by atoms with Gasteiger partial charge in [0, 0.05) is 4.47 Å². The molecule has 0 aromatic heterocycles.